The summed E-state index contributed by atoms with van der Waals surface area (Å²) in [4.78, 5) is 13.0. The van der Waals surface area contributed by atoms with Gasteiger partial charge in [-0.1, -0.05) is 231 Å². The average Bonchev–Trinajstić information content (AvgIpc) is 3.28. The van der Waals surface area contributed by atoms with Crippen molar-refractivity contribution in [3.05, 3.63) is 24.3 Å². The van der Waals surface area contributed by atoms with Gasteiger partial charge in [0.25, 0.3) is 0 Å². The molecule has 1 fully saturated rings. The van der Waals surface area contributed by atoms with Crippen LogP contribution in [-0.4, -0.2) is 87.5 Å². The molecule has 1 aliphatic rings. The van der Waals surface area contributed by atoms with Gasteiger partial charge >= 0.3 is 0 Å². The molecule has 1 amide bonds. The van der Waals surface area contributed by atoms with E-state index in [2.05, 4.69) is 43.5 Å². The first-order chi connectivity index (χ1) is 30.8. The van der Waals surface area contributed by atoms with Crippen LogP contribution in [0.5, 0.6) is 0 Å². The molecule has 7 unspecified atom stereocenters. The second-order valence-corrected chi connectivity index (χ2v) is 19.0. The lowest BCUT2D eigenvalue weighted by molar-refractivity contribution is -0.302. The highest BCUT2D eigenvalue weighted by Crippen LogP contribution is 2.23. The summed E-state index contributed by atoms with van der Waals surface area (Å²) in [7, 11) is 0. The number of unbranched alkanes of at least 4 members (excludes halogenated alkanes) is 32. The van der Waals surface area contributed by atoms with E-state index < -0.39 is 49.5 Å². The van der Waals surface area contributed by atoms with Gasteiger partial charge in [0.05, 0.1) is 25.4 Å². The van der Waals surface area contributed by atoms with Gasteiger partial charge in [0.1, 0.15) is 24.4 Å². The maximum atomic E-state index is 13.0. The van der Waals surface area contributed by atoms with Crippen LogP contribution in [-0.2, 0) is 14.3 Å². The SMILES string of the molecule is CCCCCCC/C=C\C/C=C\CCCCCCCCCCCCCCCC(=O)NC(COC1OC(CO)C(O)C(O)C1O)C(O)CCCCCCCCCCCCCCCCC. The molecule has 372 valence electrons. The Balaban J connectivity index is 2.21. The maximum Gasteiger partial charge on any atom is 0.220 e. The van der Waals surface area contributed by atoms with Crippen molar-refractivity contribution in [2.75, 3.05) is 13.2 Å². The zero-order valence-electron chi connectivity index (χ0n) is 41.1. The molecule has 9 heteroatoms. The highest BCUT2D eigenvalue weighted by Gasteiger charge is 2.44. The Hall–Kier alpha value is -1.33. The summed E-state index contributed by atoms with van der Waals surface area (Å²) in [6.07, 6.45) is 47.6. The van der Waals surface area contributed by atoms with Gasteiger partial charge in [0.15, 0.2) is 6.29 Å². The number of aliphatic hydroxyl groups excluding tert-OH is 5. The molecule has 1 rings (SSSR count). The molecule has 63 heavy (non-hydrogen) atoms. The van der Waals surface area contributed by atoms with E-state index >= 15 is 0 Å². The number of carbonyl (C=O) groups is 1. The predicted octanol–water partition coefficient (Wildman–Crippen LogP) is 12.6. The van der Waals surface area contributed by atoms with Crippen LogP contribution in [0.4, 0.5) is 0 Å². The normalized spacial score (nSPS) is 20.3. The highest BCUT2D eigenvalue weighted by molar-refractivity contribution is 5.76. The van der Waals surface area contributed by atoms with Gasteiger partial charge in [-0.25, -0.2) is 0 Å². The molecule has 1 saturated heterocycles. The molecule has 7 atom stereocenters. The summed E-state index contributed by atoms with van der Waals surface area (Å²) in [5, 5.41) is 54.5. The summed E-state index contributed by atoms with van der Waals surface area (Å²) >= 11 is 0. The number of ether oxygens (including phenoxy) is 2. The van der Waals surface area contributed by atoms with Crippen molar-refractivity contribution in [1.29, 1.82) is 0 Å². The third-order valence-corrected chi connectivity index (χ3v) is 13.1. The minimum absolute atomic E-state index is 0.135. The molecule has 0 aliphatic carbocycles. The smallest absolute Gasteiger partial charge is 0.220 e. The minimum atomic E-state index is -1.55. The monoisotopic (exact) mass is 894 g/mol. The number of nitrogens with one attached hydrogen (secondary N) is 1. The van der Waals surface area contributed by atoms with Crippen molar-refractivity contribution in [3.63, 3.8) is 0 Å². The van der Waals surface area contributed by atoms with Crippen molar-refractivity contribution in [3.8, 4) is 0 Å². The molecule has 0 radical (unpaired) electrons. The van der Waals surface area contributed by atoms with Crippen LogP contribution >= 0.6 is 0 Å². The van der Waals surface area contributed by atoms with E-state index in [1.807, 2.05) is 0 Å². The molecule has 1 aliphatic heterocycles. The van der Waals surface area contributed by atoms with Crippen LogP contribution in [0.15, 0.2) is 24.3 Å². The number of rotatable bonds is 46. The van der Waals surface area contributed by atoms with E-state index in [-0.39, 0.29) is 12.5 Å². The van der Waals surface area contributed by atoms with Crippen LogP contribution in [0.25, 0.3) is 0 Å². The quantitative estimate of drug-likeness (QED) is 0.0261. The molecule has 9 nitrogen and oxygen atoms in total. The first-order valence-electron chi connectivity index (χ1n) is 27.0. The van der Waals surface area contributed by atoms with Gasteiger partial charge in [-0.2, -0.15) is 0 Å². The zero-order chi connectivity index (χ0) is 45.9. The molecule has 0 aromatic rings. The van der Waals surface area contributed by atoms with Crippen molar-refractivity contribution in [1.82, 2.24) is 5.32 Å². The van der Waals surface area contributed by atoms with Crippen LogP contribution < -0.4 is 5.32 Å². The fourth-order valence-electron chi connectivity index (χ4n) is 8.72. The van der Waals surface area contributed by atoms with E-state index in [1.54, 1.807) is 0 Å². The Morgan fingerprint density at radius 2 is 0.937 bits per heavy atom. The number of hydrogen-bond donors (Lipinski definition) is 6. The highest BCUT2D eigenvalue weighted by atomic mass is 16.7. The Morgan fingerprint density at radius 3 is 1.37 bits per heavy atom. The molecular weight excluding hydrogens is 791 g/mol. The van der Waals surface area contributed by atoms with Crippen molar-refractivity contribution in [2.45, 2.75) is 301 Å². The molecule has 0 bridgehead atoms. The van der Waals surface area contributed by atoms with Gasteiger partial charge in [0.2, 0.25) is 5.91 Å². The van der Waals surface area contributed by atoms with Gasteiger partial charge < -0.3 is 40.3 Å². The Labute approximate surface area is 388 Å². The van der Waals surface area contributed by atoms with Gasteiger partial charge in [-0.3, -0.25) is 4.79 Å². The van der Waals surface area contributed by atoms with E-state index in [1.165, 1.54) is 186 Å². The van der Waals surface area contributed by atoms with Crippen molar-refractivity contribution < 1.29 is 39.8 Å². The van der Waals surface area contributed by atoms with Gasteiger partial charge in [0, 0.05) is 6.42 Å². The van der Waals surface area contributed by atoms with Crippen LogP contribution in [0.3, 0.4) is 0 Å². The zero-order valence-corrected chi connectivity index (χ0v) is 41.1. The Morgan fingerprint density at radius 1 is 0.540 bits per heavy atom. The topological polar surface area (TPSA) is 149 Å². The number of allylic oxidation sites excluding steroid dienone is 4. The summed E-state index contributed by atoms with van der Waals surface area (Å²) in [5.74, 6) is -0.143. The fraction of sp³-hybridized carbons (Fsp3) is 0.907. The fourth-order valence-corrected chi connectivity index (χ4v) is 8.72. The summed E-state index contributed by atoms with van der Waals surface area (Å²) in [6, 6.07) is -0.717. The third-order valence-electron chi connectivity index (χ3n) is 13.1. The van der Waals surface area contributed by atoms with Crippen molar-refractivity contribution in [2.24, 2.45) is 0 Å². The van der Waals surface area contributed by atoms with Crippen LogP contribution in [0.1, 0.15) is 258 Å². The third kappa shape index (κ3) is 34.6. The van der Waals surface area contributed by atoms with Crippen molar-refractivity contribution >= 4 is 5.91 Å². The van der Waals surface area contributed by atoms with E-state index in [0.717, 1.165) is 44.9 Å². The average molecular weight is 894 g/mol. The lowest BCUT2D eigenvalue weighted by Crippen LogP contribution is -2.60. The van der Waals surface area contributed by atoms with E-state index in [9.17, 15) is 30.3 Å². The largest absolute Gasteiger partial charge is 0.394 e. The Bertz CT molecular complexity index is 1040. The molecule has 1 heterocycles. The number of hydrogen-bond acceptors (Lipinski definition) is 8. The predicted molar refractivity (Wildman–Crippen MR) is 263 cm³/mol. The number of aliphatic hydroxyl groups is 5. The molecule has 0 aromatic heterocycles. The summed E-state index contributed by atoms with van der Waals surface area (Å²) in [5.41, 5.74) is 0. The first kappa shape index (κ1) is 59.7. The standard InChI is InChI=1S/C54H103NO8/c1-3-5-7-9-11-13-15-17-19-20-21-22-23-24-25-26-27-28-30-32-34-36-38-40-42-44-50(58)55-47(46-62-54-53(61)52(60)51(59)49(45-56)63-54)48(57)43-41-39-37-35-33-31-29-18-16-14-12-10-8-6-4-2/h15,17,20-21,47-49,51-54,56-57,59-61H,3-14,16,18-19,22-46H2,1-2H3,(H,55,58)/b17-15-,21-20-. The maximum absolute atomic E-state index is 13.0. The van der Waals surface area contributed by atoms with Crippen LogP contribution in [0.2, 0.25) is 0 Å². The first-order valence-corrected chi connectivity index (χ1v) is 27.0. The summed E-state index contributed by atoms with van der Waals surface area (Å²) in [6.45, 7) is 3.84. The number of carbonyl (C=O) groups excluding carboxylic acids is 1. The lowest BCUT2D eigenvalue weighted by Gasteiger charge is -2.40. The summed E-state index contributed by atoms with van der Waals surface area (Å²) < 4.78 is 11.3. The molecule has 0 aromatic carbocycles. The van der Waals surface area contributed by atoms with Gasteiger partial charge in [-0.05, 0) is 44.9 Å². The lowest BCUT2D eigenvalue weighted by atomic mass is 9.99. The van der Waals surface area contributed by atoms with E-state index in [0.29, 0.717) is 12.8 Å². The Kier molecular flexibility index (Phi) is 42.2. The van der Waals surface area contributed by atoms with E-state index in [4.69, 9.17) is 9.47 Å². The molecule has 6 N–H and O–H groups in total. The second kappa shape index (κ2) is 44.5. The minimum Gasteiger partial charge on any atom is -0.394 e. The van der Waals surface area contributed by atoms with Gasteiger partial charge in [-0.15, -0.1) is 0 Å². The molecule has 0 saturated carbocycles. The molecular formula is C54H103NO8. The van der Waals surface area contributed by atoms with Crippen LogP contribution in [0, 0.1) is 0 Å². The molecule has 0 spiro atoms. The second-order valence-electron chi connectivity index (χ2n) is 19.0. The number of amides is 1.